The number of aliphatic hydroxyl groups is 1. The third-order valence-corrected chi connectivity index (χ3v) is 3.15. The fourth-order valence-corrected chi connectivity index (χ4v) is 1.88. The largest absolute Gasteiger partial charge is 0.466 e. The Hall–Kier alpha value is -1.35. The number of carbonyl (C=O) groups excluding carboxylic acids is 1. The van der Waals surface area contributed by atoms with E-state index in [9.17, 15) is 9.90 Å². The molecule has 0 aliphatic rings. The SMILES string of the molecule is CCOC(=O)[C@](C)(CO)CCCc1ccccc1. The summed E-state index contributed by atoms with van der Waals surface area (Å²) in [6, 6.07) is 10.1. The van der Waals surface area contributed by atoms with Crippen molar-refractivity contribution in [1.82, 2.24) is 0 Å². The molecule has 0 aliphatic heterocycles. The highest BCUT2D eigenvalue weighted by molar-refractivity contribution is 5.76. The predicted molar refractivity (Wildman–Crippen MR) is 71.2 cm³/mol. The molecular formula is C15H22O3. The monoisotopic (exact) mass is 250 g/mol. The van der Waals surface area contributed by atoms with Crippen molar-refractivity contribution in [2.45, 2.75) is 33.1 Å². The van der Waals surface area contributed by atoms with Gasteiger partial charge in [-0.15, -0.1) is 0 Å². The average Bonchev–Trinajstić information content (AvgIpc) is 2.40. The van der Waals surface area contributed by atoms with Crippen molar-refractivity contribution in [1.29, 1.82) is 0 Å². The van der Waals surface area contributed by atoms with Crippen LogP contribution in [0.5, 0.6) is 0 Å². The second-order valence-corrected chi connectivity index (χ2v) is 4.78. The Kier molecular flexibility index (Phi) is 5.86. The number of benzene rings is 1. The van der Waals surface area contributed by atoms with Crippen LogP contribution in [-0.2, 0) is 16.0 Å². The molecule has 0 heterocycles. The second kappa shape index (κ2) is 7.17. The van der Waals surface area contributed by atoms with E-state index in [1.165, 1.54) is 5.56 Å². The maximum atomic E-state index is 11.8. The van der Waals surface area contributed by atoms with Crippen molar-refractivity contribution < 1.29 is 14.6 Å². The minimum atomic E-state index is -0.773. The summed E-state index contributed by atoms with van der Waals surface area (Å²) in [4.78, 5) is 11.8. The Bertz CT molecular complexity index is 361. The van der Waals surface area contributed by atoms with E-state index in [0.29, 0.717) is 13.0 Å². The number of aliphatic hydroxyl groups excluding tert-OH is 1. The Morgan fingerprint density at radius 3 is 2.56 bits per heavy atom. The molecule has 0 unspecified atom stereocenters. The van der Waals surface area contributed by atoms with Crippen molar-refractivity contribution in [3.05, 3.63) is 35.9 Å². The number of ether oxygens (including phenoxy) is 1. The molecule has 0 aliphatic carbocycles. The molecule has 0 amide bonds. The van der Waals surface area contributed by atoms with Gasteiger partial charge in [-0.05, 0) is 38.7 Å². The number of hydrogen-bond donors (Lipinski definition) is 1. The van der Waals surface area contributed by atoms with E-state index < -0.39 is 5.41 Å². The Morgan fingerprint density at radius 1 is 1.33 bits per heavy atom. The van der Waals surface area contributed by atoms with E-state index in [0.717, 1.165) is 12.8 Å². The van der Waals surface area contributed by atoms with Crippen molar-refractivity contribution in [2.24, 2.45) is 5.41 Å². The summed E-state index contributed by atoms with van der Waals surface area (Å²) < 4.78 is 5.00. The van der Waals surface area contributed by atoms with Gasteiger partial charge in [0.1, 0.15) is 0 Å². The standard InChI is InChI=1S/C15H22O3/c1-3-18-14(17)15(2,12-16)11-7-10-13-8-5-4-6-9-13/h4-6,8-9,16H,3,7,10-12H2,1-2H3/t15-/m0/s1. The summed E-state index contributed by atoms with van der Waals surface area (Å²) in [5.74, 6) is -0.305. The lowest BCUT2D eigenvalue weighted by Gasteiger charge is -2.24. The van der Waals surface area contributed by atoms with E-state index in [1.807, 2.05) is 18.2 Å². The van der Waals surface area contributed by atoms with Crippen LogP contribution < -0.4 is 0 Å². The lowest BCUT2D eigenvalue weighted by Crippen LogP contribution is -2.33. The molecule has 0 spiro atoms. The highest BCUT2D eigenvalue weighted by atomic mass is 16.5. The fourth-order valence-electron chi connectivity index (χ4n) is 1.88. The molecule has 1 aromatic rings. The summed E-state index contributed by atoms with van der Waals surface area (Å²) in [6.45, 7) is 3.73. The minimum absolute atomic E-state index is 0.166. The zero-order valence-electron chi connectivity index (χ0n) is 11.2. The molecule has 0 bridgehead atoms. The fraction of sp³-hybridized carbons (Fsp3) is 0.533. The van der Waals surface area contributed by atoms with Crippen molar-refractivity contribution in [3.8, 4) is 0 Å². The maximum absolute atomic E-state index is 11.8. The summed E-state index contributed by atoms with van der Waals surface area (Å²) in [7, 11) is 0. The van der Waals surface area contributed by atoms with Crippen LogP contribution in [0.4, 0.5) is 0 Å². The van der Waals surface area contributed by atoms with Gasteiger partial charge in [-0.3, -0.25) is 4.79 Å². The summed E-state index contributed by atoms with van der Waals surface area (Å²) >= 11 is 0. The van der Waals surface area contributed by atoms with E-state index >= 15 is 0 Å². The molecule has 18 heavy (non-hydrogen) atoms. The normalized spacial score (nSPS) is 13.9. The summed E-state index contributed by atoms with van der Waals surface area (Å²) in [5, 5.41) is 9.38. The zero-order valence-corrected chi connectivity index (χ0v) is 11.2. The minimum Gasteiger partial charge on any atom is -0.466 e. The topological polar surface area (TPSA) is 46.5 Å². The number of aryl methyl sites for hydroxylation is 1. The van der Waals surface area contributed by atoms with E-state index in [2.05, 4.69) is 12.1 Å². The van der Waals surface area contributed by atoms with Crippen molar-refractivity contribution in [3.63, 3.8) is 0 Å². The van der Waals surface area contributed by atoms with Crippen LogP contribution in [0.3, 0.4) is 0 Å². The Balaban J connectivity index is 2.46. The van der Waals surface area contributed by atoms with Crippen LogP contribution >= 0.6 is 0 Å². The third-order valence-electron chi connectivity index (χ3n) is 3.15. The summed E-state index contributed by atoms with van der Waals surface area (Å²) in [5.41, 5.74) is 0.479. The van der Waals surface area contributed by atoms with Gasteiger partial charge in [-0.2, -0.15) is 0 Å². The quantitative estimate of drug-likeness (QED) is 0.757. The van der Waals surface area contributed by atoms with Crippen LogP contribution in [0.15, 0.2) is 30.3 Å². The first-order valence-electron chi connectivity index (χ1n) is 6.44. The van der Waals surface area contributed by atoms with E-state index in [1.54, 1.807) is 13.8 Å². The van der Waals surface area contributed by atoms with Crippen LogP contribution in [0, 0.1) is 5.41 Å². The molecule has 100 valence electrons. The molecule has 0 fully saturated rings. The number of hydrogen-bond acceptors (Lipinski definition) is 3. The zero-order chi connectivity index (χ0) is 13.4. The molecular weight excluding hydrogens is 228 g/mol. The maximum Gasteiger partial charge on any atom is 0.314 e. The van der Waals surface area contributed by atoms with E-state index in [-0.39, 0.29) is 12.6 Å². The second-order valence-electron chi connectivity index (χ2n) is 4.78. The van der Waals surface area contributed by atoms with Crippen LogP contribution in [0.2, 0.25) is 0 Å². The van der Waals surface area contributed by atoms with Gasteiger partial charge in [-0.1, -0.05) is 30.3 Å². The lowest BCUT2D eigenvalue weighted by molar-refractivity contribution is -0.157. The number of esters is 1. The van der Waals surface area contributed by atoms with Gasteiger partial charge in [0.15, 0.2) is 0 Å². The van der Waals surface area contributed by atoms with Crippen molar-refractivity contribution >= 4 is 5.97 Å². The van der Waals surface area contributed by atoms with Gasteiger partial charge in [0.25, 0.3) is 0 Å². The molecule has 0 saturated heterocycles. The molecule has 0 aromatic heterocycles. The smallest absolute Gasteiger partial charge is 0.314 e. The molecule has 0 radical (unpaired) electrons. The lowest BCUT2D eigenvalue weighted by atomic mass is 9.85. The first kappa shape index (κ1) is 14.7. The average molecular weight is 250 g/mol. The molecule has 1 rings (SSSR count). The van der Waals surface area contributed by atoms with Gasteiger partial charge in [-0.25, -0.2) is 0 Å². The van der Waals surface area contributed by atoms with E-state index in [4.69, 9.17) is 4.74 Å². The van der Waals surface area contributed by atoms with Crippen LogP contribution in [0.1, 0.15) is 32.3 Å². The molecule has 1 aromatic carbocycles. The summed E-state index contributed by atoms with van der Waals surface area (Å²) in [6.07, 6.45) is 2.41. The third kappa shape index (κ3) is 4.15. The van der Waals surface area contributed by atoms with Gasteiger partial charge in [0.05, 0.1) is 18.6 Å². The van der Waals surface area contributed by atoms with Gasteiger partial charge in [0.2, 0.25) is 0 Å². The highest BCUT2D eigenvalue weighted by Crippen LogP contribution is 2.25. The molecule has 1 atom stereocenters. The van der Waals surface area contributed by atoms with Crippen LogP contribution in [0.25, 0.3) is 0 Å². The molecule has 3 nitrogen and oxygen atoms in total. The van der Waals surface area contributed by atoms with Gasteiger partial charge < -0.3 is 9.84 Å². The highest BCUT2D eigenvalue weighted by Gasteiger charge is 2.33. The number of carbonyl (C=O) groups is 1. The first-order chi connectivity index (χ1) is 8.62. The van der Waals surface area contributed by atoms with Crippen LogP contribution in [-0.4, -0.2) is 24.3 Å². The number of rotatable bonds is 7. The molecule has 3 heteroatoms. The first-order valence-corrected chi connectivity index (χ1v) is 6.44. The van der Waals surface area contributed by atoms with Gasteiger partial charge in [0, 0.05) is 0 Å². The van der Waals surface area contributed by atoms with Gasteiger partial charge >= 0.3 is 5.97 Å². The molecule has 1 N–H and O–H groups in total. The molecule has 0 saturated carbocycles. The predicted octanol–water partition coefficient (Wildman–Crippen LogP) is 2.57. The van der Waals surface area contributed by atoms with Crippen molar-refractivity contribution in [2.75, 3.05) is 13.2 Å². The Labute approximate surface area is 109 Å². The Morgan fingerprint density at radius 2 is 2.00 bits per heavy atom.